The number of nitrogens with one attached hydrogen (secondary N) is 1. The van der Waals surface area contributed by atoms with Crippen LogP contribution < -0.4 is 11.1 Å². The van der Waals surface area contributed by atoms with Crippen molar-refractivity contribution >= 4 is 17.5 Å². The lowest BCUT2D eigenvalue weighted by molar-refractivity contribution is -0.120. The Morgan fingerprint density at radius 3 is 2.76 bits per heavy atom. The van der Waals surface area contributed by atoms with Crippen LogP contribution in [0.5, 0.6) is 0 Å². The molecule has 0 aromatic heterocycles. The van der Waals surface area contributed by atoms with Crippen molar-refractivity contribution in [1.82, 2.24) is 10.2 Å². The number of anilines is 1. The fourth-order valence-corrected chi connectivity index (χ4v) is 2.57. The van der Waals surface area contributed by atoms with Crippen molar-refractivity contribution in [2.24, 2.45) is 0 Å². The number of halogens is 1. The number of piperidine rings is 1. The van der Waals surface area contributed by atoms with Crippen LogP contribution in [0.4, 0.5) is 10.1 Å². The number of nitrogen functional groups attached to an aromatic ring is 1. The van der Waals surface area contributed by atoms with E-state index in [1.807, 2.05) is 0 Å². The summed E-state index contributed by atoms with van der Waals surface area (Å²) in [6.07, 6.45) is 1.65. The van der Waals surface area contributed by atoms with Gasteiger partial charge >= 0.3 is 0 Å². The number of amides is 2. The third-order valence-corrected chi connectivity index (χ3v) is 3.75. The molecule has 114 valence electrons. The quantitative estimate of drug-likeness (QED) is 0.811. The lowest BCUT2D eigenvalue weighted by Gasteiger charge is -2.33. The zero-order chi connectivity index (χ0) is 15.6. The van der Waals surface area contributed by atoms with E-state index in [9.17, 15) is 14.0 Å². The van der Waals surface area contributed by atoms with Gasteiger partial charge in [-0.1, -0.05) is 0 Å². The van der Waals surface area contributed by atoms with E-state index in [2.05, 4.69) is 5.32 Å². The number of carbonyl (C=O) groups excluding carboxylic acids is 2. The zero-order valence-corrected chi connectivity index (χ0v) is 12.3. The number of rotatable bonds is 2. The van der Waals surface area contributed by atoms with E-state index < -0.39 is 5.82 Å². The molecule has 0 saturated carbocycles. The van der Waals surface area contributed by atoms with Crippen molar-refractivity contribution in [1.29, 1.82) is 0 Å². The first-order valence-electron chi connectivity index (χ1n) is 7.00. The van der Waals surface area contributed by atoms with Gasteiger partial charge in [0.25, 0.3) is 5.91 Å². The van der Waals surface area contributed by atoms with Crippen LogP contribution in [0.15, 0.2) is 12.1 Å². The molecule has 5 nitrogen and oxygen atoms in total. The van der Waals surface area contributed by atoms with E-state index in [0.29, 0.717) is 18.7 Å². The van der Waals surface area contributed by atoms with Crippen LogP contribution in [0, 0.1) is 12.7 Å². The molecule has 1 aromatic carbocycles. The summed E-state index contributed by atoms with van der Waals surface area (Å²) in [5, 5.41) is 2.82. The fraction of sp³-hybridized carbons (Fsp3) is 0.467. The molecule has 6 heteroatoms. The van der Waals surface area contributed by atoms with E-state index in [1.54, 1.807) is 11.8 Å². The second-order valence-corrected chi connectivity index (χ2v) is 5.46. The molecule has 1 aliphatic heterocycles. The summed E-state index contributed by atoms with van der Waals surface area (Å²) in [7, 11) is 0. The van der Waals surface area contributed by atoms with Gasteiger partial charge < -0.3 is 16.0 Å². The Morgan fingerprint density at radius 2 is 2.14 bits per heavy atom. The van der Waals surface area contributed by atoms with E-state index in [-0.39, 0.29) is 29.1 Å². The molecule has 1 atom stereocenters. The van der Waals surface area contributed by atoms with Gasteiger partial charge in [-0.25, -0.2) is 4.39 Å². The molecule has 1 aliphatic rings. The third-order valence-electron chi connectivity index (χ3n) is 3.75. The second-order valence-electron chi connectivity index (χ2n) is 5.46. The van der Waals surface area contributed by atoms with Gasteiger partial charge in [0.15, 0.2) is 0 Å². The normalized spacial score (nSPS) is 18.4. The summed E-state index contributed by atoms with van der Waals surface area (Å²) in [6.45, 7) is 4.07. The molecule has 3 N–H and O–H groups in total. The Balaban J connectivity index is 2.14. The molecule has 1 unspecified atom stereocenters. The Bertz CT molecular complexity index is 551. The predicted octanol–water partition coefficient (Wildman–Crippen LogP) is 1.46. The van der Waals surface area contributed by atoms with Crippen molar-refractivity contribution in [3.05, 3.63) is 29.1 Å². The zero-order valence-electron chi connectivity index (χ0n) is 12.3. The van der Waals surface area contributed by atoms with Gasteiger partial charge in [0.1, 0.15) is 5.82 Å². The van der Waals surface area contributed by atoms with Crippen molar-refractivity contribution in [3.63, 3.8) is 0 Å². The number of nitrogens with two attached hydrogens (primary N) is 1. The SMILES string of the molecule is CC(=O)NC1CCCN(C(=O)c2cc(N)c(C)c(F)c2)C1. The van der Waals surface area contributed by atoms with Crippen LogP contribution in [0.25, 0.3) is 0 Å². The van der Waals surface area contributed by atoms with Gasteiger partial charge in [0, 0.05) is 42.9 Å². The highest BCUT2D eigenvalue weighted by atomic mass is 19.1. The maximum absolute atomic E-state index is 13.7. The number of hydrogen-bond donors (Lipinski definition) is 2. The molecule has 0 spiro atoms. The molecule has 1 aromatic rings. The van der Waals surface area contributed by atoms with Crippen LogP contribution in [0.2, 0.25) is 0 Å². The first-order chi connectivity index (χ1) is 9.88. The summed E-state index contributed by atoms with van der Waals surface area (Å²) in [4.78, 5) is 25.2. The van der Waals surface area contributed by atoms with Gasteiger partial charge in [0.05, 0.1) is 0 Å². The molecule has 1 fully saturated rings. The van der Waals surface area contributed by atoms with Gasteiger partial charge in [-0.3, -0.25) is 9.59 Å². The molecule has 21 heavy (non-hydrogen) atoms. The van der Waals surface area contributed by atoms with E-state index in [0.717, 1.165) is 12.8 Å². The van der Waals surface area contributed by atoms with Gasteiger partial charge in [-0.15, -0.1) is 0 Å². The number of benzene rings is 1. The third kappa shape index (κ3) is 3.51. The Labute approximate surface area is 123 Å². The fourth-order valence-electron chi connectivity index (χ4n) is 2.57. The summed E-state index contributed by atoms with van der Waals surface area (Å²) in [5.41, 5.74) is 6.58. The molecule has 1 heterocycles. The first-order valence-corrected chi connectivity index (χ1v) is 7.00. The molecule has 2 amide bonds. The Morgan fingerprint density at radius 1 is 1.43 bits per heavy atom. The maximum atomic E-state index is 13.7. The molecule has 0 bridgehead atoms. The minimum absolute atomic E-state index is 0.0483. The summed E-state index contributed by atoms with van der Waals surface area (Å²) in [6, 6.07) is 2.67. The van der Waals surface area contributed by atoms with Crippen LogP contribution in [0.3, 0.4) is 0 Å². The van der Waals surface area contributed by atoms with Crippen molar-refractivity contribution < 1.29 is 14.0 Å². The summed E-state index contributed by atoms with van der Waals surface area (Å²) < 4.78 is 13.7. The lowest BCUT2D eigenvalue weighted by atomic mass is 10.0. The van der Waals surface area contributed by atoms with E-state index in [4.69, 9.17) is 5.73 Å². The van der Waals surface area contributed by atoms with Gasteiger partial charge in [-0.2, -0.15) is 0 Å². The first kappa shape index (κ1) is 15.3. The average Bonchev–Trinajstić information content (AvgIpc) is 2.43. The molecule has 2 rings (SSSR count). The number of hydrogen-bond acceptors (Lipinski definition) is 3. The van der Waals surface area contributed by atoms with Crippen LogP contribution >= 0.6 is 0 Å². The smallest absolute Gasteiger partial charge is 0.254 e. The largest absolute Gasteiger partial charge is 0.398 e. The monoisotopic (exact) mass is 293 g/mol. The Hall–Kier alpha value is -2.11. The van der Waals surface area contributed by atoms with E-state index in [1.165, 1.54) is 19.1 Å². The van der Waals surface area contributed by atoms with Crippen molar-refractivity contribution in [2.45, 2.75) is 32.7 Å². The minimum Gasteiger partial charge on any atom is -0.398 e. The maximum Gasteiger partial charge on any atom is 0.254 e. The highest BCUT2D eigenvalue weighted by Gasteiger charge is 2.25. The molecule has 1 saturated heterocycles. The predicted molar refractivity (Wildman–Crippen MR) is 78.3 cm³/mol. The number of carbonyl (C=O) groups is 2. The topological polar surface area (TPSA) is 75.4 Å². The van der Waals surface area contributed by atoms with Crippen molar-refractivity contribution in [3.8, 4) is 0 Å². The Kier molecular flexibility index (Phi) is 4.45. The average molecular weight is 293 g/mol. The van der Waals surface area contributed by atoms with Crippen LogP contribution in [-0.2, 0) is 4.79 Å². The lowest BCUT2D eigenvalue weighted by Crippen LogP contribution is -2.49. The second kappa shape index (κ2) is 6.11. The van der Waals surface area contributed by atoms with Gasteiger partial charge in [0.2, 0.25) is 5.91 Å². The van der Waals surface area contributed by atoms with Gasteiger partial charge in [-0.05, 0) is 31.9 Å². The highest BCUT2D eigenvalue weighted by Crippen LogP contribution is 2.20. The summed E-state index contributed by atoms with van der Waals surface area (Å²) >= 11 is 0. The van der Waals surface area contributed by atoms with Crippen LogP contribution in [-0.4, -0.2) is 35.8 Å². The number of likely N-dealkylation sites (tertiary alicyclic amines) is 1. The highest BCUT2D eigenvalue weighted by molar-refractivity contribution is 5.95. The number of nitrogens with zero attached hydrogens (tertiary/aromatic N) is 1. The molecule has 0 aliphatic carbocycles. The van der Waals surface area contributed by atoms with Crippen molar-refractivity contribution in [2.75, 3.05) is 18.8 Å². The van der Waals surface area contributed by atoms with Crippen LogP contribution in [0.1, 0.15) is 35.7 Å². The standard InChI is InChI=1S/C15H20FN3O2/c1-9-13(16)6-11(7-14(9)17)15(21)19-5-3-4-12(8-19)18-10(2)20/h6-7,12H,3-5,8,17H2,1-2H3,(H,18,20). The minimum atomic E-state index is -0.478. The van der Waals surface area contributed by atoms with E-state index >= 15 is 0 Å². The molecular weight excluding hydrogens is 273 g/mol. The summed E-state index contributed by atoms with van der Waals surface area (Å²) in [5.74, 6) is -0.843. The molecular formula is C15H20FN3O2. The molecule has 0 radical (unpaired) electrons.